The van der Waals surface area contributed by atoms with E-state index in [0.29, 0.717) is 6.42 Å². The van der Waals surface area contributed by atoms with E-state index in [1.54, 1.807) is 6.92 Å². The molecule has 0 saturated carbocycles. The Balaban J connectivity index is 2.58. The van der Waals surface area contributed by atoms with E-state index >= 15 is 0 Å². The van der Waals surface area contributed by atoms with Crippen LogP contribution in [0, 0.1) is 0 Å². The van der Waals surface area contributed by atoms with E-state index in [2.05, 4.69) is 15.5 Å². The average molecular weight is 235 g/mol. The molecule has 0 saturated heterocycles. The summed E-state index contributed by atoms with van der Waals surface area (Å²) in [5.41, 5.74) is -1.03. The molecule has 7 heteroatoms. The van der Waals surface area contributed by atoms with Gasteiger partial charge in [0.05, 0.1) is 6.10 Å². The van der Waals surface area contributed by atoms with Crippen molar-refractivity contribution in [1.82, 2.24) is 10.2 Å². The smallest absolute Gasteiger partial charge is 0.391 e. The Morgan fingerprint density at radius 1 is 1.38 bits per heavy atom. The number of alkyl halides is 3. The topological polar surface area (TPSA) is 58.0 Å². The zero-order valence-corrected chi connectivity index (χ0v) is 8.62. The Labute approximate surface area is 90.5 Å². The van der Waals surface area contributed by atoms with Crippen molar-refractivity contribution in [3.8, 4) is 0 Å². The number of nitrogens with zero attached hydrogens (tertiary/aromatic N) is 2. The van der Waals surface area contributed by atoms with Crippen molar-refractivity contribution in [1.29, 1.82) is 0 Å². The summed E-state index contributed by atoms with van der Waals surface area (Å²) in [4.78, 5) is 0. The zero-order valence-electron chi connectivity index (χ0n) is 8.62. The fraction of sp³-hybridized carbons (Fsp3) is 0.556. The SMILES string of the molecule is CCC(O)CNc1ccc(C(F)(F)F)nn1. The van der Waals surface area contributed by atoms with Crippen molar-refractivity contribution in [2.75, 3.05) is 11.9 Å². The molecule has 1 aromatic rings. The van der Waals surface area contributed by atoms with E-state index < -0.39 is 18.0 Å². The number of aliphatic hydroxyl groups excluding tert-OH is 1. The molecular formula is C9H12F3N3O. The molecular weight excluding hydrogens is 223 g/mol. The average Bonchev–Trinajstić information content (AvgIpc) is 2.25. The summed E-state index contributed by atoms with van der Waals surface area (Å²) in [6.07, 6.45) is -4.47. The Hall–Kier alpha value is -1.37. The van der Waals surface area contributed by atoms with Crippen LogP contribution in [-0.4, -0.2) is 28.0 Å². The Morgan fingerprint density at radius 3 is 2.50 bits per heavy atom. The van der Waals surface area contributed by atoms with E-state index in [1.165, 1.54) is 6.07 Å². The van der Waals surface area contributed by atoms with Crippen LogP contribution in [0.1, 0.15) is 19.0 Å². The van der Waals surface area contributed by atoms with Crippen LogP contribution in [0.15, 0.2) is 12.1 Å². The van der Waals surface area contributed by atoms with E-state index in [1.807, 2.05) is 0 Å². The molecule has 2 N–H and O–H groups in total. The van der Waals surface area contributed by atoms with Crippen molar-refractivity contribution in [3.63, 3.8) is 0 Å². The molecule has 1 unspecified atom stereocenters. The van der Waals surface area contributed by atoms with E-state index in [9.17, 15) is 18.3 Å². The molecule has 0 amide bonds. The van der Waals surface area contributed by atoms with Gasteiger partial charge in [-0.3, -0.25) is 0 Å². The van der Waals surface area contributed by atoms with Crippen LogP contribution >= 0.6 is 0 Å². The molecule has 1 rings (SSSR count). The number of aromatic nitrogens is 2. The molecule has 0 bridgehead atoms. The second kappa shape index (κ2) is 5.11. The summed E-state index contributed by atoms with van der Waals surface area (Å²) in [7, 11) is 0. The number of halogens is 3. The van der Waals surface area contributed by atoms with Crippen LogP contribution in [0.2, 0.25) is 0 Å². The van der Waals surface area contributed by atoms with Gasteiger partial charge in [0.1, 0.15) is 5.82 Å². The van der Waals surface area contributed by atoms with E-state index in [-0.39, 0.29) is 12.4 Å². The zero-order chi connectivity index (χ0) is 12.2. The third-order valence-corrected chi connectivity index (χ3v) is 1.95. The van der Waals surface area contributed by atoms with Crippen LogP contribution in [-0.2, 0) is 6.18 Å². The molecule has 0 spiro atoms. The third kappa shape index (κ3) is 3.65. The Morgan fingerprint density at radius 2 is 2.06 bits per heavy atom. The van der Waals surface area contributed by atoms with E-state index in [4.69, 9.17) is 0 Å². The number of anilines is 1. The highest BCUT2D eigenvalue weighted by atomic mass is 19.4. The minimum absolute atomic E-state index is 0.209. The Kier molecular flexibility index (Phi) is 4.05. The van der Waals surface area contributed by atoms with Gasteiger partial charge in [-0.2, -0.15) is 13.2 Å². The number of hydrogen-bond donors (Lipinski definition) is 2. The lowest BCUT2D eigenvalue weighted by molar-refractivity contribution is -0.141. The monoisotopic (exact) mass is 235 g/mol. The molecule has 16 heavy (non-hydrogen) atoms. The summed E-state index contributed by atoms with van der Waals surface area (Å²) in [6, 6.07) is 2.02. The van der Waals surface area contributed by atoms with Crippen molar-refractivity contribution < 1.29 is 18.3 Å². The predicted octanol–water partition coefficient (Wildman–Crippen LogP) is 1.68. The van der Waals surface area contributed by atoms with Gasteiger partial charge in [-0.05, 0) is 18.6 Å². The molecule has 0 aliphatic heterocycles. The third-order valence-electron chi connectivity index (χ3n) is 1.95. The second-order valence-corrected chi connectivity index (χ2v) is 3.24. The molecule has 0 fully saturated rings. The summed E-state index contributed by atoms with van der Waals surface area (Å²) < 4.78 is 36.4. The summed E-state index contributed by atoms with van der Waals surface area (Å²) in [6.45, 7) is 2.03. The summed E-state index contributed by atoms with van der Waals surface area (Å²) in [5, 5.41) is 18.3. The molecule has 4 nitrogen and oxygen atoms in total. The molecule has 90 valence electrons. The van der Waals surface area contributed by atoms with Crippen LogP contribution in [0.5, 0.6) is 0 Å². The van der Waals surface area contributed by atoms with Gasteiger partial charge in [-0.25, -0.2) is 0 Å². The minimum Gasteiger partial charge on any atom is -0.391 e. The normalized spacial score (nSPS) is 13.6. The van der Waals surface area contributed by atoms with Gasteiger partial charge < -0.3 is 10.4 Å². The van der Waals surface area contributed by atoms with Gasteiger partial charge in [-0.15, -0.1) is 10.2 Å². The van der Waals surface area contributed by atoms with Crippen LogP contribution in [0.4, 0.5) is 19.0 Å². The Bertz CT molecular complexity index is 326. The van der Waals surface area contributed by atoms with Gasteiger partial charge in [0.25, 0.3) is 0 Å². The molecule has 0 radical (unpaired) electrons. The maximum Gasteiger partial charge on any atom is 0.435 e. The van der Waals surface area contributed by atoms with Crippen molar-refractivity contribution >= 4 is 5.82 Å². The first kappa shape index (κ1) is 12.7. The first-order valence-electron chi connectivity index (χ1n) is 4.76. The molecule has 1 heterocycles. The lowest BCUT2D eigenvalue weighted by Crippen LogP contribution is -2.19. The van der Waals surface area contributed by atoms with Gasteiger partial charge >= 0.3 is 6.18 Å². The highest BCUT2D eigenvalue weighted by Gasteiger charge is 2.32. The van der Waals surface area contributed by atoms with Crippen LogP contribution in [0.25, 0.3) is 0 Å². The number of hydrogen-bond acceptors (Lipinski definition) is 4. The standard InChI is InChI=1S/C9H12F3N3O/c1-2-6(16)5-13-8-4-3-7(14-15-8)9(10,11)12/h3-4,6,16H,2,5H2,1H3,(H,13,15). The highest BCUT2D eigenvalue weighted by molar-refractivity contribution is 5.33. The van der Waals surface area contributed by atoms with E-state index in [0.717, 1.165) is 6.07 Å². The maximum absolute atomic E-state index is 12.1. The second-order valence-electron chi connectivity index (χ2n) is 3.24. The fourth-order valence-corrected chi connectivity index (χ4v) is 0.944. The first-order chi connectivity index (χ1) is 7.43. The quantitative estimate of drug-likeness (QED) is 0.833. The van der Waals surface area contributed by atoms with Crippen molar-refractivity contribution in [2.45, 2.75) is 25.6 Å². The summed E-state index contributed by atoms with van der Waals surface area (Å²) >= 11 is 0. The fourth-order valence-electron chi connectivity index (χ4n) is 0.944. The molecule has 1 atom stereocenters. The molecule has 0 aliphatic rings. The molecule has 0 aliphatic carbocycles. The van der Waals surface area contributed by atoms with Crippen molar-refractivity contribution in [2.24, 2.45) is 0 Å². The lowest BCUT2D eigenvalue weighted by Gasteiger charge is -2.10. The van der Waals surface area contributed by atoms with Crippen LogP contribution < -0.4 is 5.32 Å². The van der Waals surface area contributed by atoms with Gasteiger partial charge in [-0.1, -0.05) is 6.92 Å². The predicted molar refractivity (Wildman–Crippen MR) is 51.8 cm³/mol. The number of nitrogens with one attached hydrogen (secondary N) is 1. The van der Waals surface area contributed by atoms with Gasteiger partial charge in [0.2, 0.25) is 0 Å². The first-order valence-corrected chi connectivity index (χ1v) is 4.76. The van der Waals surface area contributed by atoms with Gasteiger partial charge in [0, 0.05) is 6.54 Å². The number of rotatable bonds is 4. The summed E-state index contributed by atoms with van der Waals surface area (Å²) in [5.74, 6) is 0.209. The highest BCUT2D eigenvalue weighted by Crippen LogP contribution is 2.26. The van der Waals surface area contributed by atoms with Crippen LogP contribution in [0.3, 0.4) is 0 Å². The number of aliphatic hydroxyl groups is 1. The lowest BCUT2D eigenvalue weighted by atomic mass is 10.3. The molecule has 1 aromatic heterocycles. The largest absolute Gasteiger partial charge is 0.435 e. The maximum atomic E-state index is 12.1. The molecule has 0 aromatic carbocycles. The van der Waals surface area contributed by atoms with Gasteiger partial charge in [0.15, 0.2) is 5.69 Å². The minimum atomic E-state index is -4.48. The van der Waals surface area contributed by atoms with Crippen molar-refractivity contribution in [3.05, 3.63) is 17.8 Å².